The van der Waals surface area contributed by atoms with Gasteiger partial charge in [-0.15, -0.1) is 0 Å². The SMILES string of the molecule is O=C(c1ccc2c(c1)OCCO2)c1cccc(F)c1Cl. The molecule has 0 radical (unpaired) electrons. The molecule has 3 nitrogen and oxygen atoms in total. The second-order valence-electron chi connectivity index (χ2n) is 4.29. The molecule has 2 aromatic carbocycles. The quantitative estimate of drug-likeness (QED) is 0.795. The third kappa shape index (κ3) is 2.23. The molecule has 1 heterocycles. The first-order valence-electron chi connectivity index (χ1n) is 6.05. The maximum Gasteiger partial charge on any atom is 0.194 e. The number of hydrogen-bond acceptors (Lipinski definition) is 3. The summed E-state index contributed by atoms with van der Waals surface area (Å²) in [5.74, 6) is 0.134. The van der Waals surface area contributed by atoms with Crippen molar-refractivity contribution in [3.05, 3.63) is 58.4 Å². The molecule has 0 N–H and O–H groups in total. The highest BCUT2D eigenvalue weighted by atomic mass is 35.5. The predicted molar refractivity (Wildman–Crippen MR) is 72.3 cm³/mol. The average Bonchev–Trinajstić information content (AvgIpc) is 2.49. The van der Waals surface area contributed by atoms with Gasteiger partial charge in [0.1, 0.15) is 19.0 Å². The molecule has 2 aromatic rings. The summed E-state index contributed by atoms with van der Waals surface area (Å²) in [6.07, 6.45) is 0. The fraction of sp³-hybridized carbons (Fsp3) is 0.133. The van der Waals surface area contributed by atoms with Crippen LogP contribution < -0.4 is 9.47 Å². The molecule has 5 heteroatoms. The first-order valence-corrected chi connectivity index (χ1v) is 6.43. The number of ether oxygens (including phenoxy) is 2. The number of rotatable bonds is 2. The Labute approximate surface area is 119 Å². The van der Waals surface area contributed by atoms with E-state index in [1.165, 1.54) is 18.2 Å². The molecule has 0 saturated heterocycles. The summed E-state index contributed by atoms with van der Waals surface area (Å²) in [7, 11) is 0. The summed E-state index contributed by atoms with van der Waals surface area (Å²) in [5, 5.41) is -0.174. The molecule has 0 bridgehead atoms. The van der Waals surface area contributed by atoms with Gasteiger partial charge in [0, 0.05) is 11.1 Å². The zero-order chi connectivity index (χ0) is 14.1. The standard InChI is InChI=1S/C15H10ClFO3/c16-14-10(2-1-3-11(14)17)15(18)9-4-5-12-13(8-9)20-7-6-19-12/h1-5,8H,6-7H2. The number of carbonyl (C=O) groups excluding carboxylic acids is 1. The Bertz CT molecular complexity index is 685. The maximum atomic E-state index is 13.4. The number of benzene rings is 2. The minimum atomic E-state index is -0.616. The highest BCUT2D eigenvalue weighted by Gasteiger charge is 2.19. The Morgan fingerprint density at radius 2 is 1.85 bits per heavy atom. The van der Waals surface area contributed by atoms with E-state index < -0.39 is 5.82 Å². The molecular weight excluding hydrogens is 283 g/mol. The molecule has 3 rings (SSSR count). The van der Waals surface area contributed by atoms with Crippen LogP contribution in [-0.2, 0) is 0 Å². The highest BCUT2D eigenvalue weighted by Crippen LogP contribution is 2.32. The normalized spacial score (nSPS) is 13.1. The number of fused-ring (bicyclic) bond motifs is 1. The molecule has 0 aromatic heterocycles. The first kappa shape index (κ1) is 12.9. The van der Waals surface area contributed by atoms with Crippen molar-refractivity contribution < 1.29 is 18.7 Å². The van der Waals surface area contributed by atoms with E-state index in [2.05, 4.69) is 0 Å². The van der Waals surface area contributed by atoms with Gasteiger partial charge in [-0.2, -0.15) is 0 Å². The number of halogens is 2. The highest BCUT2D eigenvalue weighted by molar-refractivity contribution is 6.35. The van der Waals surface area contributed by atoms with Gasteiger partial charge in [-0.25, -0.2) is 4.39 Å². The molecule has 102 valence electrons. The lowest BCUT2D eigenvalue weighted by atomic mass is 10.0. The lowest BCUT2D eigenvalue weighted by Gasteiger charge is -2.18. The van der Waals surface area contributed by atoms with Gasteiger partial charge in [0.25, 0.3) is 0 Å². The van der Waals surface area contributed by atoms with Crippen molar-refractivity contribution in [2.24, 2.45) is 0 Å². The van der Waals surface area contributed by atoms with Crippen LogP contribution in [0.5, 0.6) is 11.5 Å². The molecule has 20 heavy (non-hydrogen) atoms. The van der Waals surface area contributed by atoms with Crippen LogP contribution in [0.25, 0.3) is 0 Å². The van der Waals surface area contributed by atoms with E-state index in [-0.39, 0.29) is 16.4 Å². The summed E-state index contributed by atoms with van der Waals surface area (Å²) in [4.78, 5) is 12.4. The molecule has 0 aliphatic carbocycles. The van der Waals surface area contributed by atoms with Gasteiger partial charge in [-0.05, 0) is 30.3 Å². The molecule has 0 spiro atoms. The van der Waals surface area contributed by atoms with Gasteiger partial charge >= 0.3 is 0 Å². The van der Waals surface area contributed by atoms with Crippen LogP contribution in [0, 0.1) is 5.82 Å². The summed E-state index contributed by atoms with van der Waals surface area (Å²) in [6, 6.07) is 9.00. The maximum absolute atomic E-state index is 13.4. The molecular formula is C15H10ClFO3. The van der Waals surface area contributed by atoms with E-state index in [4.69, 9.17) is 21.1 Å². The van der Waals surface area contributed by atoms with Crippen molar-refractivity contribution in [1.29, 1.82) is 0 Å². The second-order valence-corrected chi connectivity index (χ2v) is 4.67. The molecule has 0 unspecified atom stereocenters. The van der Waals surface area contributed by atoms with Gasteiger partial charge in [0.05, 0.1) is 5.02 Å². The third-order valence-corrected chi connectivity index (χ3v) is 3.38. The molecule has 0 amide bonds. The van der Waals surface area contributed by atoms with E-state index in [1.54, 1.807) is 18.2 Å². The van der Waals surface area contributed by atoms with E-state index in [1.807, 2.05) is 0 Å². The summed E-state index contributed by atoms with van der Waals surface area (Å²) < 4.78 is 24.2. The van der Waals surface area contributed by atoms with Crippen LogP contribution in [0.15, 0.2) is 36.4 Å². The van der Waals surface area contributed by atoms with Crippen LogP contribution in [0.3, 0.4) is 0 Å². The minimum Gasteiger partial charge on any atom is -0.486 e. The summed E-state index contributed by atoms with van der Waals surface area (Å²) in [5.41, 5.74) is 0.505. The lowest BCUT2D eigenvalue weighted by molar-refractivity contribution is 0.103. The summed E-state index contributed by atoms with van der Waals surface area (Å²) in [6.45, 7) is 0.918. The van der Waals surface area contributed by atoms with Gasteiger partial charge in [0.2, 0.25) is 0 Å². The molecule has 0 atom stereocenters. The topological polar surface area (TPSA) is 35.5 Å². The zero-order valence-electron chi connectivity index (χ0n) is 10.4. The van der Waals surface area contributed by atoms with Crippen molar-refractivity contribution in [2.75, 3.05) is 13.2 Å². The van der Waals surface area contributed by atoms with Crippen molar-refractivity contribution in [1.82, 2.24) is 0 Å². The van der Waals surface area contributed by atoms with Crippen LogP contribution in [-0.4, -0.2) is 19.0 Å². The molecule has 1 aliphatic rings. The van der Waals surface area contributed by atoms with Crippen molar-refractivity contribution in [3.63, 3.8) is 0 Å². The largest absolute Gasteiger partial charge is 0.486 e. The zero-order valence-corrected chi connectivity index (χ0v) is 11.1. The van der Waals surface area contributed by atoms with Crippen LogP contribution in [0.4, 0.5) is 4.39 Å². The van der Waals surface area contributed by atoms with Gasteiger partial charge in [0.15, 0.2) is 17.3 Å². The Morgan fingerprint density at radius 3 is 2.65 bits per heavy atom. The fourth-order valence-corrected chi connectivity index (χ4v) is 2.23. The monoisotopic (exact) mass is 292 g/mol. The van der Waals surface area contributed by atoms with Crippen LogP contribution in [0.2, 0.25) is 5.02 Å². The predicted octanol–water partition coefficient (Wildman–Crippen LogP) is 3.48. The third-order valence-electron chi connectivity index (χ3n) is 3.00. The number of ketones is 1. The number of hydrogen-bond donors (Lipinski definition) is 0. The van der Waals surface area contributed by atoms with Gasteiger partial charge < -0.3 is 9.47 Å². The smallest absolute Gasteiger partial charge is 0.194 e. The minimum absolute atomic E-state index is 0.128. The van der Waals surface area contributed by atoms with Crippen LogP contribution in [0.1, 0.15) is 15.9 Å². The Morgan fingerprint density at radius 1 is 1.10 bits per heavy atom. The fourth-order valence-electron chi connectivity index (χ4n) is 2.02. The second kappa shape index (κ2) is 5.13. The van der Waals surface area contributed by atoms with E-state index >= 15 is 0 Å². The first-order chi connectivity index (χ1) is 9.66. The van der Waals surface area contributed by atoms with E-state index in [0.717, 1.165) is 0 Å². The molecule has 0 saturated carbocycles. The van der Waals surface area contributed by atoms with Crippen molar-refractivity contribution >= 4 is 17.4 Å². The Balaban J connectivity index is 2.00. The lowest BCUT2D eigenvalue weighted by Crippen LogP contribution is -2.16. The Kier molecular flexibility index (Phi) is 3.32. The average molecular weight is 293 g/mol. The van der Waals surface area contributed by atoms with Gasteiger partial charge in [-0.1, -0.05) is 17.7 Å². The van der Waals surface area contributed by atoms with Gasteiger partial charge in [-0.3, -0.25) is 4.79 Å². The Hall–Kier alpha value is -2.07. The molecule has 1 aliphatic heterocycles. The van der Waals surface area contributed by atoms with Crippen molar-refractivity contribution in [3.8, 4) is 11.5 Å². The molecule has 0 fully saturated rings. The van der Waals surface area contributed by atoms with E-state index in [9.17, 15) is 9.18 Å². The van der Waals surface area contributed by atoms with E-state index in [0.29, 0.717) is 30.3 Å². The number of carbonyl (C=O) groups is 1. The van der Waals surface area contributed by atoms with Crippen LogP contribution >= 0.6 is 11.6 Å². The summed E-state index contributed by atoms with van der Waals surface area (Å²) >= 11 is 5.83. The van der Waals surface area contributed by atoms with Crippen molar-refractivity contribution in [2.45, 2.75) is 0 Å².